The quantitative estimate of drug-likeness (QED) is 0.791. The number of rotatable bonds is 6. The average molecular weight is 345 g/mol. The number of carboxylic acid groups (broad SMARTS) is 1. The molecule has 3 rings (SSSR count). The normalized spacial score (nSPS) is 20.4. The van der Waals surface area contributed by atoms with Gasteiger partial charge in [-0.15, -0.1) is 0 Å². The summed E-state index contributed by atoms with van der Waals surface area (Å²) in [6, 6.07) is 2.47. The van der Waals surface area contributed by atoms with E-state index in [9.17, 15) is 19.1 Å². The Morgan fingerprint density at radius 2 is 2.28 bits per heavy atom. The number of hydrogen-bond acceptors (Lipinski definition) is 7. The van der Waals surface area contributed by atoms with Crippen LogP contribution in [0.4, 0.5) is 4.39 Å². The summed E-state index contributed by atoms with van der Waals surface area (Å²) in [4.78, 5) is 30.8. The molecule has 0 bridgehead atoms. The molecule has 1 aliphatic heterocycles. The molecule has 25 heavy (non-hydrogen) atoms. The van der Waals surface area contributed by atoms with Crippen molar-refractivity contribution < 1.29 is 28.3 Å². The highest BCUT2D eigenvalue weighted by Crippen LogP contribution is 2.33. The van der Waals surface area contributed by atoms with E-state index < -0.39 is 23.5 Å². The van der Waals surface area contributed by atoms with E-state index in [0.29, 0.717) is 6.29 Å². The van der Waals surface area contributed by atoms with Crippen molar-refractivity contribution in [1.82, 2.24) is 10.1 Å². The van der Waals surface area contributed by atoms with Gasteiger partial charge in [0.05, 0.1) is 30.2 Å². The molecular weight excluding hydrogens is 333 g/mol. The second kappa shape index (κ2) is 6.73. The van der Waals surface area contributed by atoms with Gasteiger partial charge in [-0.25, -0.2) is 9.18 Å². The highest BCUT2D eigenvalue weighted by atomic mass is 19.1. The predicted molar refractivity (Wildman–Crippen MR) is 81.9 cm³/mol. The third-order valence-corrected chi connectivity index (χ3v) is 3.61. The number of dihydropyridines is 1. The lowest BCUT2D eigenvalue weighted by atomic mass is 9.99. The van der Waals surface area contributed by atoms with Crippen molar-refractivity contribution in [3.63, 3.8) is 0 Å². The number of hydrogen-bond donors (Lipinski definition) is 1. The zero-order valence-electron chi connectivity index (χ0n) is 12.7. The number of aliphatic imine (C=N–C) groups is 1. The van der Waals surface area contributed by atoms with Crippen molar-refractivity contribution in [3.8, 4) is 0 Å². The summed E-state index contributed by atoms with van der Waals surface area (Å²) >= 11 is 0. The number of aliphatic carboxylic acids is 1. The predicted octanol–water partition coefficient (Wildman–Crippen LogP) is 1.59. The lowest BCUT2D eigenvalue weighted by Crippen LogP contribution is -2.45. The van der Waals surface area contributed by atoms with E-state index in [1.807, 2.05) is 0 Å². The fraction of sp³-hybridized carbons (Fsp3) is 0.188. The van der Waals surface area contributed by atoms with Gasteiger partial charge >= 0.3 is 5.97 Å². The molecule has 0 aliphatic carbocycles. The van der Waals surface area contributed by atoms with Crippen LogP contribution in [-0.2, 0) is 9.53 Å². The average Bonchev–Trinajstić information content (AvgIpc) is 3.10. The van der Waals surface area contributed by atoms with Gasteiger partial charge in [-0.1, -0.05) is 5.16 Å². The maximum atomic E-state index is 13.2. The van der Waals surface area contributed by atoms with Crippen molar-refractivity contribution in [3.05, 3.63) is 59.5 Å². The van der Waals surface area contributed by atoms with E-state index in [1.165, 1.54) is 30.6 Å². The van der Waals surface area contributed by atoms with Gasteiger partial charge in [-0.3, -0.25) is 14.8 Å². The van der Waals surface area contributed by atoms with Gasteiger partial charge in [-0.2, -0.15) is 0 Å². The molecule has 2 aromatic rings. The van der Waals surface area contributed by atoms with E-state index in [1.54, 1.807) is 0 Å². The molecule has 8 nitrogen and oxygen atoms in total. The van der Waals surface area contributed by atoms with Crippen molar-refractivity contribution in [1.29, 1.82) is 0 Å². The zero-order chi connectivity index (χ0) is 17.9. The van der Waals surface area contributed by atoms with Gasteiger partial charge in [-0.05, 0) is 24.3 Å². The van der Waals surface area contributed by atoms with Crippen molar-refractivity contribution in [2.75, 3.05) is 6.54 Å². The van der Waals surface area contributed by atoms with Crippen LogP contribution in [0.25, 0.3) is 0 Å². The third-order valence-electron chi connectivity index (χ3n) is 3.61. The van der Waals surface area contributed by atoms with E-state index in [-0.39, 0.29) is 23.6 Å². The third kappa shape index (κ3) is 3.22. The first-order valence-corrected chi connectivity index (χ1v) is 7.16. The van der Waals surface area contributed by atoms with Gasteiger partial charge in [0.15, 0.2) is 6.29 Å². The first-order chi connectivity index (χ1) is 12.1. The number of allylic oxidation sites excluding steroid dienone is 1. The van der Waals surface area contributed by atoms with Gasteiger partial charge in [0, 0.05) is 6.21 Å². The Kier molecular flexibility index (Phi) is 4.48. The number of halogens is 1. The molecular formula is C16H12FN3O5. The molecule has 128 valence electrons. The number of pyridine rings is 1. The second-order valence-electron chi connectivity index (χ2n) is 5.21. The van der Waals surface area contributed by atoms with Crippen LogP contribution in [0.3, 0.4) is 0 Å². The summed E-state index contributed by atoms with van der Waals surface area (Å²) in [7, 11) is 0. The fourth-order valence-electron chi connectivity index (χ4n) is 2.34. The Morgan fingerprint density at radius 3 is 2.88 bits per heavy atom. The molecule has 0 saturated heterocycles. The van der Waals surface area contributed by atoms with Crippen LogP contribution in [-0.4, -0.2) is 45.9 Å². The number of ether oxygens (including phenoxy) is 1. The van der Waals surface area contributed by atoms with Crippen LogP contribution in [0.2, 0.25) is 0 Å². The SMILES string of the molecule is O=Cc1oncc1C(OC1(C(=O)O)C=CC=NC1)c1ccc(F)cn1. The molecule has 0 spiro atoms. The maximum Gasteiger partial charge on any atom is 0.342 e. The van der Waals surface area contributed by atoms with E-state index in [0.717, 1.165) is 12.3 Å². The Hall–Kier alpha value is -3.20. The minimum Gasteiger partial charge on any atom is -0.479 e. The molecule has 0 fully saturated rings. The Bertz CT molecular complexity index is 846. The summed E-state index contributed by atoms with van der Waals surface area (Å²) in [5.74, 6) is -1.98. The number of nitrogens with zero attached hydrogens (tertiary/aromatic N) is 3. The molecule has 9 heteroatoms. The number of aromatic nitrogens is 2. The Labute approximate surface area is 140 Å². The van der Waals surface area contributed by atoms with Crippen LogP contribution in [0.15, 0.2) is 46.2 Å². The van der Waals surface area contributed by atoms with Gasteiger partial charge in [0.1, 0.15) is 11.9 Å². The van der Waals surface area contributed by atoms with Crippen LogP contribution in [0.5, 0.6) is 0 Å². The first-order valence-electron chi connectivity index (χ1n) is 7.16. The largest absolute Gasteiger partial charge is 0.479 e. The van der Waals surface area contributed by atoms with E-state index in [4.69, 9.17) is 9.26 Å². The first kappa shape index (κ1) is 16.7. The lowest BCUT2D eigenvalue weighted by molar-refractivity contribution is -0.162. The number of carboxylic acids is 1. The fourth-order valence-corrected chi connectivity index (χ4v) is 2.34. The topological polar surface area (TPSA) is 115 Å². The molecule has 2 aromatic heterocycles. The Balaban J connectivity index is 2.06. The van der Waals surface area contributed by atoms with Crippen molar-refractivity contribution >= 4 is 18.5 Å². The van der Waals surface area contributed by atoms with Gasteiger partial charge < -0.3 is 14.4 Å². The minimum absolute atomic E-state index is 0.139. The molecule has 2 atom stereocenters. The zero-order valence-corrected chi connectivity index (χ0v) is 12.7. The summed E-state index contributed by atoms with van der Waals surface area (Å²) in [6.45, 7) is -0.168. The van der Waals surface area contributed by atoms with Crippen molar-refractivity contribution in [2.45, 2.75) is 11.7 Å². The molecule has 1 N–H and O–H groups in total. The van der Waals surface area contributed by atoms with Crippen molar-refractivity contribution in [2.24, 2.45) is 4.99 Å². The summed E-state index contributed by atoms with van der Waals surface area (Å²) < 4.78 is 23.8. The molecule has 0 saturated carbocycles. The maximum absolute atomic E-state index is 13.2. The highest BCUT2D eigenvalue weighted by Gasteiger charge is 2.42. The summed E-state index contributed by atoms with van der Waals surface area (Å²) in [6.07, 6.45) is 5.72. The molecule has 3 heterocycles. The van der Waals surface area contributed by atoms with Crippen LogP contribution >= 0.6 is 0 Å². The summed E-state index contributed by atoms with van der Waals surface area (Å²) in [5.41, 5.74) is -1.40. The number of carbonyl (C=O) groups excluding carboxylic acids is 1. The smallest absolute Gasteiger partial charge is 0.342 e. The van der Waals surface area contributed by atoms with Crippen LogP contribution in [0.1, 0.15) is 27.9 Å². The van der Waals surface area contributed by atoms with Gasteiger partial charge in [0.25, 0.3) is 0 Å². The molecule has 0 radical (unpaired) electrons. The highest BCUT2D eigenvalue weighted by molar-refractivity contribution is 5.85. The molecule has 1 aliphatic rings. The van der Waals surface area contributed by atoms with E-state index >= 15 is 0 Å². The lowest BCUT2D eigenvalue weighted by Gasteiger charge is -2.30. The number of carbonyl (C=O) groups is 2. The minimum atomic E-state index is -1.77. The Morgan fingerprint density at radius 1 is 1.44 bits per heavy atom. The second-order valence-corrected chi connectivity index (χ2v) is 5.21. The standard InChI is InChI=1S/C16H12FN3O5/c17-10-2-3-12(19-6-10)14(11-7-20-25-13(11)8-21)24-16(15(22)23)4-1-5-18-9-16/h1-8,14H,9H2,(H,22,23). The summed E-state index contributed by atoms with van der Waals surface area (Å²) in [5, 5.41) is 13.1. The molecule has 0 aromatic carbocycles. The monoisotopic (exact) mass is 345 g/mol. The van der Waals surface area contributed by atoms with Crippen LogP contribution in [0, 0.1) is 5.82 Å². The van der Waals surface area contributed by atoms with E-state index in [2.05, 4.69) is 15.1 Å². The molecule has 2 unspecified atom stereocenters. The van der Waals surface area contributed by atoms with Gasteiger partial charge in [0.2, 0.25) is 11.4 Å². The number of aldehydes is 1. The molecule has 0 amide bonds. The van der Waals surface area contributed by atoms with Crippen LogP contribution < -0.4 is 0 Å².